The molecule has 0 aliphatic rings. The molecular weight excluding hydrogens is 324 g/mol. The number of hydrogen-bond donors (Lipinski definition) is 0. The molecule has 0 N–H and O–H groups in total. The molecule has 0 aromatic carbocycles. The summed E-state index contributed by atoms with van der Waals surface area (Å²) < 4.78 is 71.6. The van der Waals surface area contributed by atoms with Gasteiger partial charge in [0, 0.05) is 0 Å². The van der Waals surface area contributed by atoms with Crippen LogP contribution in [0.4, 0.5) is 17.8 Å². The van der Waals surface area contributed by atoms with Gasteiger partial charge in [0.05, 0.1) is 0 Å². The molecule has 0 radical (unpaired) electrons. The molecule has 0 aliphatic carbocycles. The van der Waals surface area contributed by atoms with Gasteiger partial charge < -0.3 is 0 Å². The van der Waals surface area contributed by atoms with Crippen LogP contribution in [0.3, 0.4) is 0 Å². The van der Waals surface area contributed by atoms with E-state index in [1.54, 1.807) is 0 Å². The topological polar surface area (TPSA) is 26.3 Å². The summed E-state index contributed by atoms with van der Waals surface area (Å²) in [4.78, 5) is 0. The molecule has 0 fully saturated rings. The Morgan fingerprint density at radius 1 is 1.00 bits per heavy atom. The normalized spacial score (nSPS) is 25.3. The summed E-state index contributed by atoms with van der Waals surface area (Å²) in [7, 11) is 0. The molecule has 0 aromatic heterocycles. The summed E-state index contributed by atoms with van der Waals surface area (Å²) in [6.07, 6.45) is 0. The van der Waals surface area contributed by atoms with Crippen molar-refractivity contribution in [3.05, 3.63) is 0 Å². The molecule has 0 saturated carbocycles. The number of halogens is 6. The van der Waals surface area contributed by atoms with Crippen LogP contribution in [0.25, 0.3) is 0 Å². The average molecular weight is 324 g/mol. The van der Waals surface area contributed by atoms with E-state index in [4.69, 9.17) is 2.85 Å². The minimum absolute atomic E-state index is 0.310. The molecule has 0 heterocycles. The van der Waals surface area contributed by atoms with Crippen molar-refractivity contribution >= 4 is 0 Å². The monoisotopic (exact) mass is 326 g/mol. The summed E-state index contributed by atoms with van der Waals surface area (Å²) in [5.41, 5.74) is 0. The second-order valence-electron chi connectivity index (χ2n) is 1.65. The van der Waals surface area contributed by atoms with Gasteiger partial charge in [-0.2, -0.15) is 0 Å². The zero-order valence-electron chi connectivity index (χ0n) is 3.58. The summed E-state index contributed by atoms with van der Waals surface area (Å²) in [5, 5.41) is 0. The standard InChI is InChI=1S/FO.5FH.Hf.O/c1-2;;;;;;;/h;5*1H;;/q-1;;;;;;+6;/p-5. The third kappa shape index (κ3) is 8.21. The van der Waals surface area contributed by atoms with Crippen LogP contribution in [-0.2, 0) is 24.9 Å². The van der Waals surface area contributed by atoms with Crippen molar-refractivity contribution in [3.8, 4) is 0 Å². The van der Waals surface area contributed by atoms with Crippen molar-refractivity contribution in [2.24, 2.45) is 0 Å². The van der Waals surface area contributed by atoms with E-state index in [0.717, 1.165) is 0 Å². The Hall–Kier alpha value is 0.210. The molecule has 0 amide bonds. The summed E-state index contributed by atoms with van der Waals surface area (Å²) in [6.45, 7) is 0. The van der Waals surface area contributed by atoms with Gasteiger partial charge in [0.2, 0.25) is 0 Å². The van der Waals surface area contributed by atoms with Gasteiger partial charge in [-0.15, -0.1) is 0 Å². The fraction of sp³-hybridized carbons (Fsp3) is 0. The Bertz CT molecular complexity index is 213. The molecule has 0 bridgehead atoms. The molecule has 0 saturated heterocycles. The summed E-state index contributed by atoms with van der Waals surface area (Å²) in [5.74, 6) is 0. The van der Waals surface area contributed by atoms with Gasteiger partial charge in [-0.3, -0.25) is 0 Å². The zero-order valence-corrected chi connectivity index (χ0v) is 7.18. The van der Waals surface area contributed by atoms with Crippen molar-refractivity contribution < 1.29 is 42.8 Å². The average Bonchev–Trinajstić information content (AvgIpc) is 1.27. The zero-order chi connectivity index (χ0) is 8.09. The predicted molar refractivity (Wildman–Crippen MR) is 8.42 cm³/mol. The minimum atomic E-state index is -12.9. The maximum absolute atomic E-state index is 12.9. The van der Waals surface area contributed by atoms with E-state index in [-0.39, 0.29) is 0 Å². The predicted octanol–water partition coefficient (Wildman–Crippen LogP) is 2.33. The van der Waals surface area contributed by atoms with E-state index in [0.29, 0.717) is 3.06 Å². The first-order valence-electron chi connectivity index (χ1n) is 1.51. The van der Waals surface area contributed by atoms with Crippen LogP contribution < -0.4 is 0 Å². The quantitative estimate of drug-likeness (QED) is 0.547. The molecular formula is F6HfO2. The van der Waals surface area contributed by atoms with Crippen molar-refractivity contribution in [1.82, 2.24) is 0 Å². The first kappa shape index (κ1) is 9.21. The van der Waals surface area contributed by atoms with Crippen LogP contribution in [0.2, 0.25) is 0 Å². The molecule has 0 aromatic rings. The Balaban J connectivity index is 5.50. The third-order valence-corrected chi connectivity index (χ3v) is 1.45. The van der Waals surface area contributed by atoms with Crippen molar-refractivity contribution in [1.29, 1.82) is 0 Å². The fourth-order valence-electron chi connectivity index (χ4n) is 0. The van der Waals surface area contributed by atoms with Gasteiger partial charge in [0.15, 0.2) is 0 Å². The second kappa shape index (κ2) is 0.865. The second-order valence-corrected chi connectivity index (χ2v) is 13.5. The van der Waals surface area contributed by atoms with Crippen molar-refractivity contribution in [2.45, 2.75) is 0 Å². The molecule has 0 unspecified atom stereocenters. The van der Waals surface area contributed by atoms with Crippen LogP contribution in [0.1, 0.15) is 0 Å². The van der Waals surface area contributed by atoms with Crippen LogP contribution in [0.15, 0.2) is 0 Å². The SMILES string of the molecule is [O]=[Hf]([F])([F])([F])([F])([F])[O]F. The summed E-state index contributed by atoms with van der Waals surface area (Å²) >= 11 is -12.9. The maximum atomic E-state index is 10.6. The first-order valence-corrected chi connectivity index (χ1v) is 11.2. The van der Waals surface area contributed by atoms with Crippen LogP contribution >= 0.6 is 0 Å². The van der Waals surface area contributed by atoms with Gasteiger partial charge in [-0.05, 0) is 0 Å². The Morgan fingerprint density at radius 2 is 1.11 bits per heavy atom. The van der Waals surface area contributed by atoms with E-state index < -0.39 is 19.0 Å². The molecule has 9 heavy (non-hydrogen) atoms. The molecule has 58 valence electrons. The Labute approximate surface area is 43.4 Å². The van der Waals surface area contributed by atoms with Gasteiger partial charge >= 0.3 is 42.8 Å². The molecule has 0 spiro atoms. The van der Waals surface area contributed by atoms with E-state index in [1.807, 2.05) is 0 Å². The van der Waals surface area contributed by atoms with E-state index >= 15 is 0 Å². The van der Waals surface area contributed by atoms with Gasteiger partial charge in [0.1, 0.15) is 0 Å². The Morgan fingerprint density at radius 3 is 1.11 bits per heavy atom. The molecule has 0 rings (SSSR count). The van der Waals surface area contributed by atoms with Gasteiger partial charge in [0.25, 0.3) is 0 Å². The molecule has 0 aliphatic heterocycles. The first-order chi connectivity index (χ1) is 3.24. The van der Waals surface area contributed by atoms with E-state index in [9.17, 15) is 17.8 Å². The fourth-order valence-corrected chi connectivity index (χ4v) is 0. The number of hydrogen-bond acceptors (Lipinski definition) is 2. The van der Waals surface area contributed by atoms with Crippen molar-refractivity contribution in [2.75, 3.05) is 0 Å². The van der Waals surface area contributed by atoms with Crippen LogP contribution in [-0.4, -0.2) is 0 Å². The molecule has 0 atom stereocenters. The molecule has 9 heteroatoms. The van der Waals surface area contributed by atoms with Crippen LogP contribution in [0.5, 0.6) is 0 Å². The number of rotatable bonds is 1. The van der Waals surface area contributed by atoms with Crippen LogP contribution in [0, 0.1) is 0 Å². The Kier molecular flexibility index (Phi) is 0.885. The summed E-state index contributed by atoms with van der Waals surface area (Å²) in [6, 6.07) is 0. The van der Waals surface area contributed by atoms with E-state index in [2.05, 4.69) is 0 Å². The van der Waals surface area contributed by atoms with Crippen molar-refractivity contribution in [3.63, 3.8) is 0 Å². The van der Waals surface area contributed by atoms with E-state index in [1.165, 1.54) is 0 Å². The van der Waals surface area contributed by atoms with Gasteiger partial charge in [-0.1, -0.05) is 0 Å². The van der Waals surface area contributed by atoms with Gasteiger partial charge in [-0.25, -0.2) is 0 Å². The third-order valence-electron chi connectivity index (χ3n) is 0.177. The molecule has 2 nitrogen and oxygen atoms in total.